The van der Waals surface area contributed by atoms with Gasteiger partial charge in [-0.2, -0.15) is 18.4 Å². The van der Waals surface area contributed by atoms with Crippen LogP contribution in [0.5, 0.6) is 0 Å². The number of halogens is 4. The first-order chi connectivity index (χ1) is 8.82. The predicted octanol–water partition coefficient (Wildman–Crippen LogP) is 4.44. The van der Waals surface area contributed by atoms with E-state index in [0.29, 0.717) is 15.7 Å². The Balaban J connectivity index is 2.65. The van der Waals surface area contributed by atoms with E-state index in [1.807, 2.05) is 6.07 Å². The number of alkyl halides is 3. The normalized spacial score (nSPS) is 11.4. The zero-order chi connectivity index (χ0) is 14.2. The van der Waals surface area contributed by atoms with E-state index in [4.69, 9.17) is 5.26 Å². The van der Waals surface area contributed by atoms with Crippen LogP contribution in [0.1, 0.15) is 16.8 Å². The van der Waals surface area contributed by atoms with Crippen LogP contribution in [0.25, 0.3) is 5.69 Å². The van der Waals surface area contributed by atoms with Crippen LogP contribution in [0.4, 0.5) is 13.2 Å². The van der Waals surface area contributed by atoms with Crippen molar-refractivity contribution < 1.29 is 13.2 Å². The molecule has 0 saturated heterocycles. The lowest BCUT2D eigenvalue weighted by Crippen LogP contribution is -2.07. The van der Waals surface area contributed by atoms with Crippen LogP contribution in [-0.2, 0) is 6.18 Å². The molecule has 19 heavy (non-hydrogen) atoms. The fourth-order valence-corrected chi connectivity index (χ4v) is 2.18. The number of nitrogens with zero attached hydrogens (tertiary/aromatic N) is 2. The maximum atomic E-state index is 12.7. The summed E-state index contributed by atoms with van der Waals surface area (Å²) in [6.45, 7) is 1.70. The van der Waals surface area contributed by atoms with Crippen molar-refractivity contribution in [2.45, 2.75) is 13.1 Å². The molecule has 1 aromatic carbocycles. The Labute approximate surface area is 116 Å². The molecular formula is C13H8BrF3N2. The molecule has 1 heterocycles. The van der Waals surface area contributed by atoms with Crippen molar-refractivity contribution in [3.8, 4) is 11.8 Å². The Morgan fingerprint density at radius 3 is 2.53 bits per heavy atom. The standard InChI is InChI=1S/C13H8BrF3N2/c1-8-2-3-9(13(15,16)17)4-12(8)19-7-10(14)5-11(19)6-18/h2-5,7H,1H3. The van der Waals surface area contributed by atoms with Gasteiger partial charge in [0.2, 0.25) is 0 Å². The Morgan fingerprint density at radius 2 is 1.95 bits per heavy atom. The number of rotatable bonds is 1. The van der Waals surface area contributed by atoms with Gasteiger partial charge in [-0.25, -0.2) is 0 Å². The highest BCUT2D eigenvalue weighted by Gasteiger charge is 2.31. The first-order valence-corrected chi connectivity index (χ1v) is 6.08. The van der Waals surface area contributed by atoms with Crippen LogP contribution in [0.15, 0.2) is 34.9 Å². The summed E-state index contributed by atoms with van der Waals surface area (Å²) in [5.74, 6) is 0. The van der Waals surface area contributed by atoms with Gasteiger partial charge >= 0.3 is 6.18 Å². The molecule has 0 unspecified atom stereocenters. The second-order valence-corrected chi connectivity index (χ2v) is 4.94. The van der Waals surface area contributed by atoms with Gasteiger partial charge in [0.1, 0.15) is 11.8 Å². The molecule has 0 atom stereocenters. The molecular weight excluding hydrogens is 321 g/mol. The van der Waals surface area contributed by atoms with Gasteiger partial charge in [-0.05, 0) is 46.6 Å². The maximum absolute atomic E-state index is 12.7. The molecule has 0 amide bonds. The van der Waals surface area contributed by atoms with Crippen molar-refractivity contribution in [2.24, 2.45) is 0 Å². The average Bonchev–Trinajstić information content (AvgIpc) is 2.69. The molecule has 0 fully saturated rings. The first kappa shape index (κ1) is 13.7. The summed E-state index contributed by atoms with van der Waals surface area (Å²) in [7, 11) is 0. The molecule has 6 heteroatoms. The van der Waals surface area contributed by atoms with Crippen LogP contribution >= 0.6 is 15.9 Å². The summed E-state index contributed by atoms with van der Waals surface area (Å²) in [5.41, 5.74) is 0.542. The van der Waals surface area contributed by atoms with Crippen LogP contribution < -0.4 is 0 Å². The maximum Gasteiger partial charge on any atom is 0.416 e. The van der Waals surface area contributed by atoms with Gasteiger partial charge in [0, 0.05) is 16.4 Å². The zero-order valence-corrected chi connectivity index (χ0v) is 11.4. The summed E-state index contributed by atoms with van der Waals surface area (Å²) in [4.78, 5) is 0. The number of benzene rings is 1. The highest BCUT2D eigenvalue weighted by atomic mass is 79.9. The minimum absolute atomic E-state index is 0.272. The highest BCUT2D eigenvalue weighted by Crippen LogP contribution is 2.32. The lowest BCUT2D eigenvalue weighted by molar-refractivity contribution is -0.137. The van der Waals surface area contributed by atoms with Gasteiger partial charge in [0.15, 0.2) is 0 Å². The van der Waals surface area contributed by atoms with Crippen molar-refractivity contribution >= 4 is 15.9 Å². The number of aromatic nitrogens is 1. The van der Waals surface area contributed by atoms with Gasteiger partial charge in [-0.3, -0.25) is 0 Å². The predicted molar refractivity (Wildman–Crippen MR) is 67.9 cm³/mol. The molecule has 0 saturated carbocycles. The van der Waals surface area contributed by atoms with E-state index < -0.39 is 11.7 Å². The van der Waals surface area contributed by atoms with Crippen LogP contribution in [0.3, 0.4) is 0 Å². The Kier molecular flexibility index (Phi) is 3.42. The third kappa shape index (κ3) is 2.66. The van der Waals surface area contributed by atoms with Gasteiger partial charge < -0.3 is 4.57 Å². The first-order valence-electron chi connectivity index (χ1n) is 5.29. The van der Waals surface area contributed by atoms with E-state index >= 15 is 0 Å². The number of aryl methyl sites for hydroxylation is 1. The van der Waals surface area contributed by atoms with Gasteiger partial charge in [-0.1, -0.05) is 6.07 Å². The summed E-state index contributed by atoms with van der Waals surface area (Å²) >= 11 is 3.21. The molecule has 0 bridgehead atoms. The molecule has 0 aliphatic carbocycles. The molecule has 1 aromatic heterocycles. The summed E-state index contributed by atoms with van der Waals surface area (Å²) < 4.78 is 40.2. The fourth-order valence-electron chi connectivity index (χ4n) is 1.76. The summed E-state index contributed by atoms with van der Waals surface area (Å²) in [6, 6.07) is 6.98. The van der Waals surface area contributed by atoms with E-state index in [9.17, 15) is 13.2 Å². The third-order valence-corrected chi connectivity index (χ3v) is 3.13. The zero-order valence-electron chi connectivity index (χ0n) is 9.79. The molecule has 0 spiro atoms. The highest BCUT2D eigenvalue weighted by molar-refractivity contribution is 9.10. The minimum Gasteiger partial charge on any atom is -0.307 e. The lowest BCUT2D eigenvalue weighted by atomic mass is 10.1. The average molecular weight is 329 g/mol. The number of hydrogen-bond acceptors (Lipinski definition) is 1. The van der Waals surface area contributed by atoms with Crippen LogP contribution in [0.2, 0.25) is 0 Å². The summed E-state index contributed by atoms with van der Waals surface area (Å²) in [6.07, 6.45) is -2.83. The number of nitriles is 1. The second-order valence-electron chi connectivity index (χ2n) is 4.02. The fraction of sp³-hybridized carbons (Fsp3) is 0.154. The van der Waals surface area contributed by atoms with Gasteiger partial charge in [0.05, 0.1) is 5.56 Å². The smallest absolute Gasteiger partial charge is 0.307 e. The minimum atomic E-state index is -4.40. The molecule has 2 nitrogen and oxygen atoms in total. The largest absolute Gasteiger partial charge is 0.416 e. The molecule has 2 aromatic rings. The Hall–Kier alpha value is -1.74. The molecule has 0 aliphatic rings. The number of hydrogen-bond donors (Lipinski definition) is 0. The van der Waals surface area contributed by atoms with E-state index in [1.54, 1.807) is 19.2 Å². The van der Waals surface area contributed by atoms with E-state index in [-0.39, 0.29) is 5.69 Å². The van der Waals surface area contributed by atoms with Crippen LogP contribution in [-0.4, -0.2) is 4.57 Å². The van der Waals surface area contributed by atoms with Crippen molar-refractivity contribution in [1.82, 2.24) is 4.57 Å². The monoisotopic (exact) mass is 328 g/mol. The van der Waals surface area contributed by atoms with Crippen LogP contribution in [0, 0.1) is 18.3 Å². The van der Waals surface area contributed by atoms with E-state index in [0.717, 1.165) is 12.1 Å². The third-order valence-electron chi connectivity index (χ3n) is 2.70. The summed E-state index contributed by atoms with van der Waals surface area (Å²) in [5, 5.41) is 9.00. The van der Waals surface area contributed by atoms with Gasteiger partial charge in [-0.15, -0.1) is 0 Å². The molecule has 0 N–H and O–H groups in total. The van der Waals surface area contributed by atoms with Gasteiger partial charge in [0.25, 0.3) is 0 Å². The SMILES string of the molecule is Cc1ccc(C(F)(F)F)cc1-n1cc(Br)cc1C#N. The quantitative estimate of drug-likeness (QED) is 0.760. The molecule has 2 rings (SSSR count). The second kappa shape index (κ2) is 4.74. The van der Waals surface area contributed by atoms with Crippen molar-refractivity contribution in [3.63, 3.8) is 0 Å². The molecule has 0 aliphatic heterocycles. The molecule has 98 valence electrons. The van der Waals surface area contributed by atoms with Crippen molar-refractivity contribution in [2.75, 3.05) is 0 Å². The topological polar surface area (TPSA) is 28.7 Å². The van der Waals surface area contributed by atoms with Crippen molar-refractivity contribution in [3.05, 3.63) is 51.8 Å². The van der Waals surface area contributed by atoms with Crippen molar-refractivity contribution in [1.29, 1.82) is 5.26 Å². The molecule has 0 radical (unpaired) electrons. The Morgan fingerprint density at radius 1 is 1.26 bits per heavy atom. The van der Waals surface area contributed by atoms with E-state index in [2.05, 4.69) is 15.9 Å². The lowest BCUT2D eigenvalue weighted by Gasteiger charge is -2.13. The Bertz CT molecular complexity index is 666. The van der Waals surface area contributed by atoms with E-state index in [1.165, 1.54) is 10.6 Å².